The average molecular weight is 235 g/mol. The quantitative estimate of drug-likeness (QED) is 0.733. The number of piperidine rings is 1. The van der Waals surface area contributed by atoms with Crippen molar-refractivity contribution in [2.24, 2.45) is 23.7 Å². The number of Topliss-reactive ketones (excluding diaryl/α,β-unsaturated/α-hetero) is 1. The fourth-order valence-electron chi connectivity index (χ4n) is 4.57. The SMILES string of the molecule is CC1CN(C(C)C2CC3CCC2C3)CCC1=O. The van der Waals surface area contributed by atoms with E-state index in [2.05, 4.69) is 18.7 Å². The molecule has 0 amide bonds. The highest BCUT2D eigenvalue weighted by atomic mass is 16.1. The standard InChI is InChI=1S/C15H25NO/c1-10-9-16(6-5-15(10)17)11(2)14-8-12-3-4-13(14)7-12/h10-14H,3-9H2,1-2H3. The monoisotopic (exact) mass is 235 g/mol. The fourth-order valence-corrected chi connectivity index (χ4v) is 4.57. The molecule has 0 aromatic rings. The third-order valence-electron chi connectivity index (χ3n) is 5.69. The predicted molar refractivity (Wildman–Crippen MR) is 68.8 cm³/mol. The number of carbonyl (C=O) groups is 1. The van der Waals surface area contributed by atoms with E-state index in [0.717, 1.165) is 37.3 Å². The van der Waals surface area contributed by atoms with Crippen LogP contribution in [-0.4, -0.2) is 29.8 Å². The van der Waals surface area contributed by atoms with Gasteiger partial charge in [0.15, 0.2) is 0 Å². The Bertz CT molecular complexity index is 314. The molecule has 3 rings (SSSR count). The highest BCUT2D eigenvalue weighted by Crippen LogP contribution is 2.50. The van der Waals surface area contributed by atoms with Gasteiger partial charge < -0.3 is 0 Å². The summed E-state index contributed by atoms with van der Waals surface area (Å²) in [5.74, 6) is 3.71. The van der Waals surface area contributed by atoms with Gasteiger partial charge in [-0.3, -0.25) is 9.69 Å². The molecule has 17 heavy (non-hydrogen) atoms. The summed E-state index contributed by atoms with van der Waals surface area (Å²) in [4.78, 5) is 14.2. The molecule has 3 aliphatic rings. The molecule has 0 N–H and O–H groups in total. The van der Waals surface area contributed by atoms with Gasteiger partial charge in [0.05, 0.1) is 0 Å². The van der Waals surface area contributed by atoms with Crippen molar-refractivity contribution < 1.29 is 4.79 Å². The topological polar surface area (TPSA) is 20.3 Å². The molecule has 0 spiro atoms. The zero-order chi connectivity index (χ0) is 12.0. The normalized spacial score (nSPS) is 44.2. The Morgan fingerprint density at radius 1 is 1.29 bits per heavy atom. The fraction of sp³-hybridized carbons (Fsp3) is 0.933. The van der Waals surface area contributed by atoms with Crippen molar-refractivity contribution in [2.75, 3.05) is 13.1 Å². The molecule has 2 aliphatic carbocycles. The van der Waals surface area contributed by atoms with Gasteiger partial charge in [0.1, 0.15) is 5.78 Å². The Balaban J connectivity index is 1.62. The number of carbonyl (C=O) groups excluding carboxylic acids is 1. The van der Waals surface area contributed by atoms with Crippen LogP contribution in [-0.2, 0) is 4.79 Å². The van der Waals surface area contributed by atoms with E-state index in [4.69, 9.17) is 0 Å². The van der Waals surface area contributed by atoms with Crippen LogP contribution in [0.15, 0.2) is 0 Å². The van der Waals surface area contributed by atoms with E-state index in [1.807, 2.05) is 0 Å². The van der Waals surface area contributed by atoms with Crippen molar-refractivity contribution in [3.63, 3.8) is 0 Å². The lowest BCUT2D eigenvalue weighted by Gasteiger charge is -2.40. The maximum Gasteiger partial charge on any atom is 0.138 e. The minimum Gasteiger partial charge on any atom is -0.299 e. The summed E-state index contributed by atoms with van der Waals surface area (Å²) < 4.78 is 0. The summed E-state index contributed by atoms with van der Waals surface area (Å²) in [7, 11) is 0. The van der Waals surface area contributed by atoms with Crippen LogP contribution in [0.4, 0.5) is 0 Å². The van der Waals surface area contributed by atoms with Gasteiger partial charge in [-0.1, -0.05) is 13.3 Å². The molecule has 0 radical (unpaired) electrons. The molecular weight excluding hydrogens is 210 g/mol. The summed E-state index contributed by atoms with van der Waals surface area (Å²) >= 11 is 0. The predicted octanol–water partition coefficient (Wildman–Crippen LogP) is 2.72. The second-order valence-corrected chi connectivity index (χ2v) is 6.69. The van der Waals surface area contributed by atoms with Gasteiger partial charge in [-0.25, -0.2) is 0 Å². The van der Waals surface area contributed by atoms with Gasteiger partial charge in [0.25, 0.3) is 0 Å². The van der Waals surface area contributed by atoms with Crippen LogP contribution in [0.25, 0.3) is 0 Å². The first-order valence-corrected chi connectivity index (χ1v) is 7.42. The molecule has 2 heteroatoms. The number of rotatable bonds is 2. The third-order valence-corrected chi connectivity index (χ3v) is 5.69. The van der Waals surface area contributed by atoms with Crippen molar-refractivity contribution in [3.05, 3.63) is 0 Å². The van der Waals surface area contributed by atoms with Crippen molar-refractivity contribution in [2.45, 2.75) is 52.0 Å². The number of nitrogens with zero attached hydrogens (tertiary/aromatic N) is 1. The van der Waals surface area contributed by atoms with Crippen LogP contribution < -0.4 is 0 Å². The van der Waals surface area contributed by atoms with Crippen LogP contribution in [0.5, 0.6) is 0 Å². The van der Waals surface area contributed by atoms with Crippen LogP contribution in [0, 0.1) is 23.7 Å². The molecule has 1 aliphatic heterocycles. The summed E-state index contributed by atoms with van der Waals surface area (Å²) in [6.07, 6.45) is 6.71. The molecule has 0 aromatic carbocycles. The third kappa shape index (κ3) is 2.05. The van der Waals surface area contributed by atoms with Gasteiger partial charge in [0, 0.05) is 31.5 Å². The van der Waals surface area contributed by atoms with Gasteiger partial charge in [-0.2, -0.15) is 0 Å². The maximum atomic E-state index is 11.6. The van der Waals surface area contributed by atoms with E-state index in [-0.39, 0.29) is 5.92 Å². The van der Waals surface area contributed by atoms with E-state index in [1.165, 1.54) is 25.7 Å². The highest BCUT2D eigenvalue weighted by molar-refractivity contribution is 5.81. The second-order valence-electron chi connectivity index (χ2n) is 6.69. The largest absolute Gasteiger partial charge is 0.299 e. The number of ketones is 1. The Hall–Kier alpha value is -0.370. The van der Waals surface area contributed by atoms with E-state index in [9.17, 15) is 4.79 Å². The lowest BCUT2D eigenvalue weighted by Crippen LogP contribution is -2.48. The first kappa shape index (κ1) is 11.7. The van der Waals surface area contributed by atoms with Crippen molar-refractivity contribution in [1.29, 1.82) is 0 Å². The average Bonchev–Trinajstić information content (AvgIpc) is 2.93. The van der Waals surface area contributed by atoms with Gasteiger partial charge in [-0.05, 0) is 43.9 Å². The number of fused-ring (bicyclic) bond motifs is 2. The van der Waals surface area contributed by atoms with Crippen molar-refractivity contribution >= 4 is 5.78 Å². The first-order valence-electron chi connectivity index (χ1n) is 7.42. The molecule has 2 nitrogen and oxygen atoms in total. The van der Waals surface area contributed by atoms with Crippen LogP contribution in [0.3, 0.4) is 0 Å². The van der Waals surface area contributed by atoms with E-state index < -0.39 is 0 Å². The van der Waals surface area contributed by atoms with Crippen molar-refractivity contribution in [3.8, 4) is 0 Å². The lowest BCUT2D eigenvalue weighted by molar-refractivity contribution is -0.126. The minimum absolute atomic E-state index is 0.268. The molecule has 1 heterocycles. The summed E-state index contributed by atoms with van der Waals surface area (Å²) in [6.45, 7) is 6.53. The zero-order valence-corrected chi connectivity index (χ0v) is 11.2. The van der Waals surface area contributed by atoms with Gasteiger partial charge >= 0.3 is 0 Å². The maximum absolute atomic E-state index is 11.6. The minimum atomic E-state index is 0.268. The Morgan fingerprint density at radius 3 is 2.71 bits per heavy atom. The van der Waals surface area contributed by atoms with E-state index >= 15 is 0 Å². The Morgan fingerprint density at radius 2 is 2.12 bits per heavy atom. The van der Waals surface area contributed by atoms with E-state index in [1.54, 1.807) is 0 Å². The molecular formula is C15H25NO. The summed E-state index contributed by atoms with van der Waals surface area (Å²) in [6, 6.07) is 0.709. The highest BCUT2D eigenvalue weighted by Gasteiger charge is 2.43. The molecule has 96 valence electrons. The van der Waals surface area contributed by atoms with Gasteiger partial charge in [-0.15, -0.1) is 0 Å². The van der Waals surface area contributed by atoms with E-state index in [0.29, 0.717) is 11.8 Å². The lowest BCUT2D eigenvalue weighted by atomic mass is 9.82. The first-order chi connectivity index (χ1) is 8.15. The molecule has 5 unspecified atom stereocenters. The Labute approximate surface area is 105 Å². The molecule has 3 fully saturated rings. The van der Waals surface area contributed by atoms with Crippen LogP contribution in [0.1, 0.15) is 46.0 Å². The number of hydrogen-bond donors (Lipinski definition) is 0. The zero-order valence-electron chi connectivity index (χ0n) is 11.2. The second kappa shape index (κ2) is 4.38. The molecule has 5 atom stereocenters. The smallest absolute Gasteiger partial charge is 0.138 e. The molecule has 1 saturated heterocycles. The summed E-state index contributed by atoms with van der Waals surface area (Å²) in [5, 5.41) is 0. The molecule has 2 saturated carbocycles. The summed E-state index contributed by atoms with van der Waals surface area (Å²) in [5.41, 5.74) is 0. The molecule has 2 bridgehead atoms. The molecule has 0 aromatic heterocycles. The van der Waals surface area contributed by atoms with Crippen LogP contribution in [0.2, 0.25) is 0 Å². The number of hydrogen-bond acceptors (Lipinski definition) is 2. The van der Waals surface area contributed by atoms with Crippen LogP contribution >= 0.6 is 0 Å². The number of likely N-dealkylation sites (tertiary alicyclic amines) is 1. The van der Waals surface area contributed by atoms with Crippen molar-refractivity contribution in [1.82, 2.24) is 4.90 Å². The van der Waals surface area contributed by atoms with Gasteiger partial charge in [0.2, 0.25) is 0 Å². The Kier molecular flexibility index (Phi) is 3.02.